The number of rotatable bonds is 11. The molecule has 0 saturated carbocycles. The summed E-state index contributed by atoms with van der Waals surface area (Å²) in [6, 6.07) is 6.05. The maximum Gasteiger partial charge on any atom is 0.240 e. The van der Waals surface area contributed by atoms with Crippen molar-refractivity contribution in [2.45, 2.75) is 37.7 Å². The van der Waals surface area contributed by atoms with Crippen LogP contribution in [0.2, 0.25) is 0 Å². The van der Waals surface area contributed by atoms with E-state index in [1.807, 2.05) is 13.8 Å². The number of sulfonamides is 1. The molecular weight excluding hydrogens is 332 g/mol. The summed E-state index contributed by atoms with van der Waals surface area (Å²) in [4.78, 5) is 11.8. The second kappa shape index (κ2) is 10.3. The molecule has 0 aliphatic heterocycles. The van der Waals surface area contributed by atoms with Gasteiger partial charge in [-0.1, -0.05) is 0 Å². The van der Waals surface area contributed by atoms with E-state index < -0.39 is 10.0 Å². The first-order valence-corrected chi connectivity index (χ1v) is 9.35. The summed E-state index contributed by atoms with van der Waals surface area (Å²) >= 11 is 0. The van der Waals surface area contributed by atoms with Crippen LogP contribution in [0, 0.1) is 0 Å². The minimum Gasteiger partial charge on any atom is -0.497 e. The van der Waals surface area contributed by atoms with Crippen LogP contribution in [0.15, 0.2) is 29.2 Å². The maximum absolute atomic E-state index is 12.1. The van der Waals surface area contributed by atoms with Gasteiger partial charge < -0.3 is 14.8 Å². The number of carbonyl (C=O) groups is 1. The van der Waals surface area contributed by atoms with E-state index in [1.165, 1.54) is 19.2 Å². The van der Waals surface area contributed by atoms with E-state index in [2.05, 4.69) is 10.0 Å². The second-order valence-corrected chi connectivity index (χ2v) is 7.21. The van der Waals surface area contributed by atoms with Crippen LogP contribution in [0.1, 0.15) is 26.7 Å². The van der Waals surface area contributed by atoms with Crippen molar-refractivity contribution in [2.24, 2.45) is 0 Å². The van der Waals surface area contributed by atoms with Crippen molar-refractivity contribution in [1.82, 2.24) is 10.0 Å². The van der Waals surface area contributed by atoms with E-state index in [0.717, 1.165) is 6.42 Å². The third kappa shape index (κ3) is 7.76. The van der Waals surface area contributed by atoms with Crippen LogP contribution in [0.5, 0.6) is 5.75 Å². The summed E-state index contributed by atoms with van der Waals surface area (Å²) in [7, 11) is -2.12. The number of amides is 1. The Morgan fingerprint density at radius 1 is 1.17 bits per heavy atom. The zero-order chi connectivity index (χ0) is 18.0. The zero-order valence-electron chi connectivity index (χ0n) is 14.4. The molecule has 0 aromatic heterocycles. The van der Waals surface area contributed by atoms with Gasteiger partial charge in [0.05, 0.1) is 18.1 Å². The van der Waals surface area contributed by atoms with Gasteiger partial charge in [0.2, 0.25) is 15.9 Å². The molecule has 0 saturated heterocycles. The fraction of sp³-hybridized carbons (Fsp3) is 0.562. The van der Waals surface area contributed by atoms with E-state index in [0.29, 0.717) is 18.9 Å². The van der Waals surface area contributed by atoms with E-state index in [4.69, 9.17) is 9.47 Å². The van der Waals surface area contributed by atoms with Crippen molar-refractivity contribution in [2.75, 3.05) is 26.8 Å². The molecule has 0 aliphatic rings. The molecule has 0 spiro atoms. The van der Waals surface area contributed by atoms with Gasteiger partial charge in [0, 0.05) is 26.1 Å². The molecule has 136 valence electrons. The lowest BCUT2D eigenvalue weighted by atomic mass is 10.3. The standard InChI is InChI=1S/C16H26N2O5S/c1-13(2)23-12-4-10-17-16(19)9-11-18-24(20,21)15-7-5-14(22-3)6-8-15/h5-8,13,18H,4,9-12H2,1-3H3,(H,17,19). The molecule has 0 bridgehead atoms. The summed E-state index contributed by atoms with van der Waals surface area (Å²) in [5.74, 6) is 0.381. The lowest BCUT2D eigenvalue weighted by molar-refractivity contribution is -0.120. The summed E-state index contributed by atoms with van der Waals surface area (Å²) < 4.78 is 36.9. The van der Waals surface area contributed by atoms with Gasteiger partial charge in [-0.05, 0) is 44.5 Å². The lowest BCUT2D eigenvalue weighted by Crippen LogP contribution is -2.31. The van der Waals surface area contributed by atoms with E-state index in [9.17, 15) is 13.2 Å². The average Bonchev–Trinajstić information content (AvgIpc) is 2.54. The Morgan fingerprint density at radius 2 is 1.83 bits per heavy atom. The summed E-state index contributed by atoms with van der Waals surface area (Å²) in [5.41, 5.74) is 0. The number of methoxy groups -OCH3 is 1. The van der Waals surface area contributed by atoms with Gasteiger partial charge in [-0.25, -0.2) is 13.1 Å². The highest BCUT2D eigenvalue weighted by atomic mass is 32.2. The molecule has 1 rings (SSSR count). The number of ether oxygens (including phenoxy) is 2. The highest BCUT2D eigenvalue weighted by molar-refractivity contribution is 7.89. The Balaban J connectivity index is 2.28. The molecule has 24 heavy (non-hydrogen) atoms. The normalized spacial score (nSPS) is 11.5. The first-order chi connectivity index (χ1) is 11.3. The third-order valence-electron chi connectivity index (χ3n) is 3.11. The summed E-state index contributed by atoms with van der Waals surface area (Å²) in [6.07, 6.45) is 0.982. The van der Waals surface area contributed by atoms with Crippen LogP contribution in [0.4, 0.5) is 0 Å². The molecule has 0 atom stereocenters. The van der Waals surface area contributed by atoms with Gasteiger partial charge in [0.25, 0.3) is 0 Å². The number of benzene rings is 1. The van der Waals surface area contributed by atoms with Crippen LogP contribution in [-0.4, -0.2) is 47.2 Å². The molecule has 2 N–H and O–H groups in total. The first-order valence-electron chi connectivity index (χ1n) is 7.87. The molecule has 1 aromatic rings. The topological polar surface area (TPSA) is 93.7 Å². The van der Waals surface area contributed by atoms with E-state index in [-0.39, 0.29) is 29.9 Å². The molecule has 7 nitrogen and oxygen atoms in total. The highest BCUT2D eigenvalue weighted by Crippen LogP contribution is 2.15. The Bertz CT molecular complexity index is 599. The van der Waals surface area contributed by atoms with Crippen molar-refractivity contribution in [3.63, 3.8) is 0 Å². The van der Waals surface area contributed by atoms with Gasteiger partial charge in [-0.15, -0.1) is 0 Å². The van der Waals surface area contributed by atoms with Gasteiger partial charge in [0.15, 0.2) is 0 Å². The Labute approximate surface area is 143 Å². The van der Waals surface area contributed by atoms with Crippen LogP contribution < -0.4 is 14.8 Å². The summed E-state index contributed by atoms with van der Waals surface area (Å²) in [6.45, 7) is 5.04. The van der Waals surface area contributed by atoms with Gasteiger partial charge >= 0.3 is 0 Å². The average molecular weight is 358 g/mol. The fourth-order valence-corrected chi connectivity index (χ4v) is 2.88. The predicted molar refractivity (Wildman–Crippen MR) is 91.5 cm³/mol. The minimum atomic E-state index is -3.63. The Morgan fingerprint density at radius 3 is 2.42 bits per heavy atom. The lowest BCUT2D eigenvalue weighted by Gasteiger charge is -2.09. The molecular formula is C16H26N2O5S. The second-order valence-electron chi connectivity index (χ2n) is 5.45. The largest absolute Gasteiger partial charge is 0.497 e. The van der Waals surface area contributed by atoms with E-state index >= 15 is 0 Å². The van der Waals surface area contributed by atoms with Gasteiger partial charge in [-0.3, -0.25) is 4.79 Å². The molecule has 1 aromatic carbocycles. The fourth-order valence-electron chi connectivity index (χ4n) is 1.84. The van der Waals surface area contributed by atoms with Crippen LogP contribution in [0.3, 0.4) is 0 Å². The van der Waals surface area contributed by atoms with Crippen molar-refractivity contribution in [3.8, 4) is 5.75 Å². The Hall–Kier alpha value is -1.64. The number of hydrogen-bond donors (Lipinski definition) is 2. The number of nitrogens with one attached hydrogen (secondary N) is 2. The highest BCUT2D eigenvalue weighted by Gasteiger charge is 2.14. The zero-order valence-corrected chi connectivity index (χ0v) is 15.2. The van der Waals surface area contributed by atoms with Gasteiger partial charge in [-0.2, -0.15) is 0 Å². The molecule has 8 heteroatoms. The molecule has 0 unspecified atom stereocenters. The van der Waals surface area contributed by atoms with Crippen LogP contribution in [-0.2, 0) is 19.6 Å². The molecule has 0 radical (unpaired) electrons. The number of hydrogen-bond acceptors (Lipinski definition) is 5. The minimum absolute atomic E-state index is 0.0443. The summed E-state index contributed by atoms with van der Waals surface area (Å²) in [5, 5.41) is 2.73. The third-order valence-corrected chi connectivity index (χ3v) is 4.59. The van der Waals surface area contributed by atoms with E-state index in [1.54, 1.807) is 12.1 Å². The SMILES string of the molecule is COc1ccc(S(=O)(=O)NCCC(=O)NCCCOC(C)C)cc1. The Kier molecular flexibility index (Phi) is 8.73. The van der Waals surface area contributed by atoms with Crippen LogP contribution >= 0.6 is 0 Å². The first kappa shape index (κ1) is 20.4. The molecule has 0 fully saturated rings. The van der Waals surface area contributed by atoms with Crippen molar-refractivity contribution in [3.05, 3.63) is 24.3 Å². The molecule has 0 heterocycles. The quantitative estimate of drug-likeness (QED) is 0.582. The van der Waals surface area contributed by atoms with Crippen molar-refractivity contribution < 1.29 is 22.7 Å². The molecule has 1 amide bonds. The number of carbonyl (C=O) groups excluding carboxylic acids is 1. The monoisotopic (exact) mass is 358 g/mol. The molecule has 0 aliphatic carbocycles. The predicted octanol–water partition coefficient (Wildman–Crippen LogP) is 1.29. The maximum atomic E-state index is 12.1. The smallest absolute Gasteiger partial charge is 0.240 e. The van der Waals surface area contributed by atoms with Crippen LogP contribution in [0.25, 0.3) is 0 Å². The van der Waals surface area contributed by atoms with Crippen molar-refractivity contribution in [1.29, 1.82) is 0 Å². The van der Waals surface area contributed by atoms with Gasteiger partial charge in [0.1, 0.15) is 5.75 Å². The van der Waals surface area contributed by atoms with Crippen molar-refractivity contribution >= 4 is 15.9 Å².